The molecule has 1 amide bonds. The number of rotatable bonds is 8. The highest BCUT2D eigenvalue weighted by atomic mass is 35.5. The molecule has 1 N–H and O–H groups in total. The number of sulfonamides is 1. The quantitative estimate of drug-likeness (QED) is 0.519. The average Bonchev–Trinajstić information content (AvgIpc) is 2.79. The summed E-state index contributed by atoms with van der Waals surface area (Å²) in [5.74, 6) is 0.0963. The van der Waals surface area contributed by atoms with Crippen molar-refractivity contribution >= 4 is 38.9 Å². The zero-order valence-corrected chi connectivity index (χ0v) is 19.4. The van der Waals surface area contributed by atoms with Crippen LogP contribution in [0.25, 0.3) is 0 Å². The van der Waals surface area contributed by atoms with E-state index in [0.717, 1.165) is 9.87 Å². The van der Waals surface area contributed by atoms with Gasteiger partial charge in [-0.3, -0.25) is 9.10 Å². The first-order valence-corrected chi connectivity index (χ1v) is 11.4. The number of carbonyl (C=O) groups is 1. The third-order valence-electron chi connectivity index (χ3n) is 4.69. The number of nitrogens with zero attached hydrogens (tertiary/aromatic N) is 1. The first kappa shape index (κ1) is 23.4. The van der Waals surface area contributed by atoms with Crippen molar-refractivity contribution in [2.45, 2.75) is 11.8 Å². The maximum atomic E-state index is 13.4. The molecule has 0 aromatic heterocycles. The Hall–Kier alpha value is -3.23. The number of nitrogens with one attached hydrogen (secondary N) is 1. The smallest absolute Gasteiger partial charge is 0.264 e. The standard InChI is InChI=1S/C23H23ClN2O5S/c1-16-9-11-18(12-10-16)32(28,29)26(17-7-5-4-6-8-17)15-23(27)25-20-14-21(30-2)19(24)13-22(20)31-3/h4-14H,15H2,1-3H3,(H,25,27). The predicted molar refractivity (Wildman–Crippen MR) is 125 cm³/mol. The molecule has 0 atom stereocenters. The van der Waals surface area contributed by atoms with Gasteiger partial charge >= 0.3 is 0 Å². The van der Waals surface area contributed by atoms with E-state index in [0.29, 0.717) is 27.9 Å². The summed E-state index contributed by atoms with van der Waals surface area (Å²) >= 11 is 6.11. The summed E-state index contributed by atoms with van der Waals surface area (Å²) in [5, 5.41) is 3.00. The first-order valence-electron chi connectivity index (χ1n) is 9.62. The molecule has 0 unspecified atom stereocenters. The Labute approximate surface area is 192 Å². The SMILES string of the molecule is COc1cc(NC(=O)CN(c2ccccc2)S(=O)(=O)c2ccc(C)cc2)c(OC)cc1Cl. The lowest BCUT2D eigenvalue weighted by Gasteiger charge is -2.24. The van der Waals surface area contributed by atoms with Crippen LogP contribution in [-0.2, 0) is 14.8 Å². The molecular formula is C23H23ClN2O5S. The van der Waals surface area contributed by atoms with Crippen LogP contribution in [0.5, 0.6) is 11.5 Å². The van der Waals surface area contributed by atoms with Gasteiger partial charge < -0.3 is 14.8 Å². The van der Waals surface area contributed by atoms with E-state index in [-0.39, 0.29) is 4.90 Å². The van der Waals surface area contributed by atoms with E-state index in [1.807, 2.05) is 6.92 Å². The number of amides is 1. The molecule has 3 aromatic carbocycles. The molecule has 0 bridgehead atoms. The normalized spacial score (nSPS) is 11.0. The number of halogens is 1. The fourth-order valence-corrected chi connectivity index (χ4v) is 4.68. The van der Waals surface area contributed by atoms with Crippen molar-refractivity contribution in [1.82, 2.24) is 0 Å². The molecule has 0 saturated carbocycles. The van der Waals surface area contributed by atoms with Gasteiger partial charge in [0, 0.05) is 12.1 Å². The summed E-state index contributed by atoms with van der Waals surface area (Å²) in [6.07, 6.45) is 0. The number of benzene rings is 3. The van der Waals surface area contributed by atoms with Crippen LogP contribution in [0.2, 0.25) is 5.02 Å². The van der Waals surface area contributed by atoms with Crippen LogP contribution in [0, 0.1) is 6.92 Å². The van der Waals surface area contributed by atoms with Crippen LogP contribution in [-0.4, -0.2) is 35.1 Å². The maximum Gasteiger partial charge on any atom is 0.264 e. The van der Waals surface area contributed by atoms with Crippen molar-refractivity contribution in [1.29, 1.82) is 0 Å². The molecule has 3 rings (SSSR count). The minimum absolute atomic E-state index is 0.0884. The van der Waals surface area contributed by atoms with Crippen molar-refractivity contribution < 1.29 is 22.7 Å². The van der Waals surface area contributed by atoms with E-state index in [1.165, 1.54) is 38.5 Å². The van der Waals surface area contributed by atoms with Crippen molar-refractivity contribution in [3.8, 4) is 11.5 Å². The van der Waals surface area contributed by atoms with E-state index in [9.17, 15) is 13.2 Å². The molecule has 0 fully saturated rings. The van der Waals surface area contributed by atoms with Gasteiger partial charge in [-0.15, -0.1) is 0 Å². The summed E-state index contributed by atoms with van der Waals surface area (Å²) in [6.45, 7) is 1.42. The van der Waals surface area contributed by atoms with E-state index >= 15 is 0 Å². The van der Waals surface area contributed by atoms with E-state index in [4.69, 9.17) is 21.1 Å². The van der Waals surface area contributed by atoms with Gasteiger partial charge in [-0.05, 0) is 31.2 Å². The van der Waals surface area contributed by atoms with Gasteiger partial charge in [-0.25, -0.2) is 8.42 Å². The molecule has 3 aromatic rings. The Kier molecular flexibility index (Phi) is 7.27. The Morgan fingerprint density at radius 2 is 1.59 bits per heavy atom. The Balaban J connectivity index is 1.94. The van der Waals surface area contributed by atoms with E-state index in [2.05, 4.69) is 5.32 Å². The first-order chi connectivity index (χ1) is 15.3. The number of hydrogen-bond acceptors (Lipinski definition) is 5. The highest BCUT2D eigenvalue weighted by Crippen LogP contribution is 2.36. The topological polar surface area (TPSA) is 84.9 Å². The molecule has 0 spiro atoms. The average molecular weight is 475 g/mol. The maximum absolute atomic E-state index is 13.4. The summed E-state index contributed by atoms with van der Waals surface area (Å²) in [7, 11) is -1.11. The molecule has 0 aliphatic rings. The van der Waals surface area contributed by atoms with Crippen molar-refractivity contribution in [2.24, 2.45) is 0 Å². The number of ether oxygens (including phenoxy) is 2. The van der Waals surface area contributed by atoms with Crippen molar-refractivity contribution in [3.05, 3.63) is 77.3 Å². The second-order valence-corrected chi connectivity index (χ2v) is 9.17. The largest absolute Gasteiger partial charge is 0.495 e. The van der Waals surface area contributed by atoms with Crippen LogP contribution in [0.4, 0.5) is 11.4 Å². The third kappa shape index (κ3) is 5.15. The van der Waals surface area contributed by atoms with Crippen LogP contribution >= 0.6 is 11.6 Å². The monoisotopic (exact) mass is 474 g/mol. The van der Waals surface area contributed by atoms with E-state index < -0.39 is 22.5 Å². The van der Waals surface area contributed by atoms with E-state index in [1.54, 1.807) is 42.5 Å². The molecule has 32 heavy (non-hydrogen) atoms. The van der Waals surface area contributed by atoms with Crippen molar-refractivity contribution in [3.63, 3.8) is 0 Å². The molecule has 9 heteroatoms. The molecule has 0 aliphatic carbocycles. The lowest BCUT2D eigenvalue weighted by Crippen LogP contribution is -2.38. The van der Waals surface area contributed by atoms with Gasteiger partial charge in [0.2, 0.25) is 5.91 Å². The molecule has 7 nitrogen and oxygen atoms in total. The number of methoxy groups -OCH3 is 2. The van der Waals surface area contributed by atoms with Crippen molar-refractivity contribution in [2.75, 3.05) is 30.4 Å². The number of aryl methyl sites for hydroxylation is 1. The van der Waals surface area contributed by atoms with Crippen LogP contribution in [0.3, 0.4) is 0 Å². The Bertz CT molecular complexity index is 1200. The highest BCUT2D eigenvalue weighted by molar-refractivity contribution is 7.92. The fraction of sp³-hybridized carbons (Fsp3) is 0.174. The number of anilines is 2. The Morgan fingerprint density at radius 1 is 0.969 bits per heavy atom. The van der Waals surface area contributed by atoms with Gasteiger partial charge in [0.05, 0.1) is 35.5 Å². The van der Waals surface area contributed by atoms with Gasteiger partial charge in [0.25, 0.3) is 10.0 Å². The lowest BCUT2D eigenvalue weighted by molar-refractivity contribution is -0.114. The number of hydrogen-bond donors (Lipinski definition) is 1. The summed E-state index contributed by atoms with van der Waals surface area (Å²) in [6, 6.07) is 17.9. The minimum atomic E-state index is -4.00. The Morgan fingerprint density at radius 3 is 2.19 bits per heavy atom. The number of para-hydroxylation sites is 1. The van der Waals surface area contributed by atoms with Crippen LogP contribution in [0.15, 0.2) is 71.6 Å². The van der Waals surface area contributed by atoms with Gasteiger partial charge in [-0.2, -0.15) is 0 Å². The van der Waals surface area contributed by atoms with Crippen LogP contribution in [0.1, 0.15) is 5.56 Å². The third-order valence-corrected chi connectivity index (χ3v) is 6.77. The minimum Gasteiger partial charge on any atom is -0.495 e. The molecule has 0 radical (unpaired) electrons. The van der Waals surface area contributed by atoms with Gasteiger partial charge in [-0.1, -0.05) is 47.5 Å². The summed E-state index contributed by atoms with van der Waals surface area (Å²) in [4.78, 5) is 13.0. The zero-order chi connectivity index (χ0) is 23.3. The van der Waals surface area contributed by atoms with Gasteiger partial charge in [0.1, 0.15) is 18.0 Å². The molecule has 168 valence electrons. The van der Waals surface area contributed by atoms with Crippen LogP contribution < -0.4 is 19.1 Å². The predicted octanol–water partition coefficient (Wildman–Crippen LogP) is 4.50. The lowest BCUT2D eigenvalue weighted by atomic mass is 10.2. The number of carbonyl (C=O) groups excluding carboxylic acids is 1. The second-order valence-electron chi connectivity index (χ2n) is 6.90. The summed E-state index contributed by atoms with van der Waals surface area (Å²) < 4.78 is 38.3. The fourth-order valence-electron chi connectivity index (χ4n) is 3.03. The second kappa shape index (κ2) is 9.93. The van der Waals surface area contributed by atoms with Gasteiger partial charge in [0.15, 0.2) is 0 Å². The summed E-state index contributed by atoms with van der Waals surface area (Å²) in [5.41, 5.74) is 1.60. The molecule has 0 saturated heterocycles. The zero-order valence-electron chi connectivity index (χ0n) is 17.8. The molecule has 0 aliphatic heterocycles. The highest BCUT2D eigenvalue weighted by Gasteiger charge is 2.27. The molecular weight excluding hydrogens is 452 g/mol. The molecule has 0 heterocycles.